The molecule has 0 unspecified atom stereocenters. The molecule has 0 atom stereocenters. The van der Waals surface area contributed by atoms with Crippen LogP contribution in [-0.4, -0.2) is 20.9 Å². The molecule has 6 heteroatoms. The molecule has 0 radical (unpaired) electrons. The second-order valence-electron chi connectivity index (χ2n) is 4.35. The first-order valence-corrected chi connectivity index (χ1v) is 6.05. The largest absolute Gasteiger partial charge is 0.481 e. The van der Waals surface area contributed by atoms with E-state index in [1.54, 1.807) is 25.1 Å². The molecule has 2 aromatic rings. The zero-order chi connectivity index (χ0) is 14.7. The fourth-order valence-electron chi connectivity index (χ4n) is 1.85. The van der Waals surface area contributed by atoms with E-state index in [1.165, 1.54) is 16.8 Å². The van der Waals surface area contributed by atoms with Gasteiger partial charge in [-0.1, -0.05) is 12.1 Å². The number of carbonyl (C=O) groups is 1. The molecule has 20 heavy (non-hydrogen) atoms. The van der Waals surface area contributed by atoms with Crippen LogP contribution >= 0.6 is 0 Å². The number of benzene rings is 1. The van der Waals surface area contributed by atoms with Crippen LogP contribution in [0.3, 0.4) is 0 Å². The molecule has 0 bridgehead atoms. The number of hydrogen-bond donors (Lipinski definition) is 1. The minimum absolute atomic E-state index is 0.0168. The lowest BCUT2D eigenvalue weighted by atomic mass is 10.2. The van der Waals surface area contributed by atoms with E-state index in [9.17, 15) is 14.0 Å². The number of aromatic nitrogens is 2. The van der Waals surface area contributed by atoms with Crippen LogP contribution in [0.25, 0.3) is 5.69 Å². The predicted octanol–water partition coefficient (Wildman–Crippen LogP) is 1.70. The van der Waals surface area contributed by atoms with Crippen molar-refractivity contribution in [3.63, 3.8) is 0 Å². The smallest absolute Gasteiger partial charge is 0.303 e. The molecule has 0 spiro atoms. The molecule has 1 aromatic heterocycles. The van der Waals surface area contributed by atoms with Crippen LogP contribution in [0.1, 0.15) is 17.8 Å². The SMILES string of the molecule is Cc1cc(=O)c(CCC(=O)O)nn1-c1ccccc1F. The summed E-state index contributed by atoms with van der Waals surface area (Å²) in [5, 5.41) is 12.7. The number of halogens is 1. The van der Waals surface area contributed by atoms with Crippen LogP contribution in [0.4, 0.5) is 4.39 Å². The molecular weight excluding hydrogens is 263 g/mol. The van der Waals surface area contributed by atoms with Gasteiger partial charge in [0.1, 0.15) is 17.2 Å². The molecule has 1 heterocycles. The Balaban J connectivity index is 2.49. The summed E-state index contributed by atoms with van der Waals surface area (Å²) in [7, 11) is 0. The maximum absolute atomic E-state index is 13.8. The molecule has 0 aliphatic carbocycles. The monoisotopic (exact) mass is 276 g/mol. The van der Waals surface area contributed by atoms with Crippen molar-refractivity contribution in [2.45, 2.75) is 19.8 Å². The van der Waals surface area contributed by atoms with Crippen molar-refractivity contribution < 1.29 is 14.3 Å². The average Bonchev–Trinajstić information content (AvgIpc) is 2.39. The average molecular weight is 276 g/mol. The third-order valence-electron chi connectivity index (χ3n) is 2.84. The van der Waals surface area contributed by atoms with E-state index in [1.807, 2.05) is 0 Å². The van der Waals surface area contributed by atoms with Gasteiger partial charge in [0.25, 0.3) is 0 Å². The van der Waals surface area contributed by atoms with Crippen molar-refractivity contribution in [1.82, 2.24) is 9.78 Å². The number of hydrogen-bond acceptors (Lipinski definition) is 3. The molecule has 0 aliphatic heterocycles. The molecule has 1 N–H and O–H groups in total. The number of carboxylic acids is 1. The molecule has 0 fully saturated rings. The first kappa shape index (κ1) is 13.9. The third-order valence-corrected chi connectivity index (χ3v) is 2.84. The number of aryl methyl sites for hydroxylation is 2. The van der Waals surface area contributed by atoms with Gasteiger partial charge in [-0.15, -0.1) is 0 Å². The molecule has 0 saturated carbocycles. The van der Waals surface area contributed by atoms with Crippen molar-refractivity contribution in [2.75, 3.05) is 0 Å². The van der Waals surface area contributed by atoms with E-state index in [-0.39, 0.29) is 29.7 Å². The van der Waals surface area contributed by atoms with Gasteiger partial charge in [-0.2, -0.15) is 5.10 Å². The van der Waals surface area contributed by atoms with Crippen LogP contribution in [0.15, 0.2) is 35.1 Å². The summed E-state index contributed by atoms with van der Waals surface area (Å²) in [5.74, 6) is -1.47. The molecule has 0 aliphatic rings. The lowest BCUT2D eigenvalue weighted by molar-refractivity contribution is -0.136. The topological polar surface area (TPSA) is 72.2 Å². The van der Waals surface area contributed by atoms with E-state index in [4.69, 9.17) is 5.11 Å². The normalized spacial score (nSPS) is 10.5. The number of nitrogens with zero attached hydrogens (tertiary/aromatic N) is 2. The van der Waals surface area contributed by atoms with Gasteiger partial charge < -0.3 is 5.11 Å². The summed E-state index contributed by atoms with van der Waals surface area (Å²) < 4.78 is 15.1. The van der Waals surface area contributed by atoms with E-state index < -0.39 is 11.8 Å². The van der Waals surface area contributed by atoms with E-state index in [2.05, 4.69) is 5.10 Å². The second-order valence-corrected chi connectivity index (χ2v) is 4.35. The summed E-state index contributed by atoms with van der Waals surface area (Å²) in [6, 6.07) is 7.39. The van der Waals surface area contributed by atoms with Crippen LogP contribution in [0.2, 0.25) is 0 Å². The number of carboxylic acid groups (broad SMARTS) is 1. The summed E-state index contributed by atoms with van der Waals surface area (Å²) in [4.78, 5) is 22.3. The zero-order valence-electron chi connectivity index (χ0n) is 10.8. The van der Waals surface area contributed by atoms with Crippen molar-refractivity contribution >= 4 is 5.97 Å². The molecule has 2 rings (SSSR count). The van der Waals surface area contributed by atoms with Crippen molar-refractivity contribution in [2.24, 2.45) is 0 Å². The highest BCUT2D eigenvalue weighted by atomic mass is 19.1. The van der Waals surface area contributed by atoms with Gasteiger partial charge in [-0.05, 0) is 19.1 Å². The highest BCUT2D eigenvalue weighted by Crippen LogP contribution is 2.13. The quantitative estimate of drug-likeness (QED) is 0.922. The minimum Gasteiger partial charge on any atom is -0.481 e. The van der Waals surface area contributed by atoms with Crippen LogP contribution in [-0.2, 0) is 11.2 Å². The van der Waals surface area contributed by atoms with Crippen molar-refractivity contribution in [3.05, 3.63) is 57.8 Å². The Morgan fingerprint density at radius 2 is 2.10 bits per heavy atom. The summed E-state index contributed by atoms with van der Waals surface area (Å²) >= 11 is 0. The molecule has 5 nitrogen and oxygen atoms in total. The highest BCUT2D eigenvalue weighted by Gasteiger charge is 2.11. The van der Waals surface area contributed by atoms with Gasteiger partial charge in [0.05, 0.1) is 6.42 Å². The Morgan fingerprint density at radius 1 is 1.40 bits per heavy atom. The van der Waals surface area contributed by atoms with Gasteiger partial charge in [0.2, 0.25) is 5.43 Å². The fourth-order valence-corrected chi connectivity index (χ4v) is 1.85. The first-order valence-electron chi connectivity index (χ1n) is 6.05. The molecule has 1 aromatic carbocycles. The zero-order valence-corrected chi connectivity index (χ0v) is 10.8. The van der Waals surface area contributed by atoms with Crippen molar-refractivity contribution in [1.29, 1.82) is 0 Å². The predicted molar refractivity (Wildman–Crippen MR) is 70.5 cm³/mol. The van der Waals surface area contributed by atoms with E-state index >= 15 is 0 Å². The molecule has 0 amide bonds. The van der Waals surface area contributed by atoms with E-state index in [0.717, 1.165) is 0 Å². The lowest BCUT2D eigenvalue weighted by Gasteiger charge is -2.11. The fraction of sp³-hybridized carbons (Fsp3) is 0.214. The number of para-hydroxylation sites is 1. The highest BCUT2D eigenvalue weighted by molar-refractivity contribution is 5.66. The maximum atomic E-state index is 13.8. The van der Waals surface area contributed by atoms with Gasteiger partial charge in [0, 0.05) is 18.2 Å². The number of aliphatic carboxylic acids is 1. The third kappa shape index (κ3) is 2.90. The Morgan fingerprint density at radius 3 is 2.75 bits per heavy atom. The maximum Gasteiger partial charge on any atom is 0.303 e. The summed E-state index contributed by atoms with van der Waals surface area (Å²) in [6.45, 7) is 1.64. The van der Waals surface area contributed by atoms with Crippen LogP contribution < -0.4 is 5.43 Å². The summed E-state index contributed by atoms with van der Waals surface area (Å²) in [5.41, 5.74) is 0.485. The Bertz CT molecular complexity index is 710. The van der Waals surface area contributed by atoms with Gasteiger partial charge >= 0.3 is 5.97 Å². The van der Waals surface area contributed by atoms with Gasteiger partial charge in [-0.3, -0.25) is 9.59 Å². The van der Waals surface area contributed by atoms with E-state index in [0.29, 0.717) is 5.69 Å². The minimum atomic E-state index is -1.01. The van der Waals surface area contributed by atoms with Crippen molar-refractivity contribution in [3.8, 4) is 5.69 Å². The Kier molecular flexibility index (Phi) is 3.93. The first-order chi connectivity index (χ1) is 9.49. The summed E-state index contributed by atoms with van der Waals surface area (Å²) in [6.07, 6.45) is -0.175. The molecular formula is C14H13FN2O3. The molecule has 104 valence electrons. The van der Waals surface area contributed by atoms with Gasteiger partial charge in [0.15, 0.2) is 0 Å². The Hall–Kier alpha value is -2.50. The van der Waals surface area contributed by atoms with Crippen LogP contribution in [0.5, 0.6) is 0 Å². The lowest BCUT2D eigenvalue weighted by Crippen LogP contribution is -2.20. The molecule has 0 saturated heterocycles. The number of rotatable bonds is 4. The van der Waals surface area contributed by atoms with Crippen LogP contribution in [0, 0.1) is 12.7 Å². The van der Waals surface area contributed by atoms with Gasteiger partial charge in [-0.25, -0.2) is 9.07 Å². The second kappa shape index (κ2) is 5.64. The Labute approximate surface area is 114 Å². The standard InChI is InChI=1S/C14H13FN2O3/c1-9-8-13(18)11(6-7-14(19)20)16-17(9)12-5-3-2-4-10(12)15/h2-5,8H,6-7H2,1H3,(H,19,20).